The van der Waals surface area contributed by atoms with E-state index in [9.17, 15) is 0 Å². The van der Waals surface area contributed by atoms with E-state index in [0.29, 0.717) is 89.4 Å². The van der Waals surface area contributed by atoms with E-state index in [1.807, 2.05) is 66.7 Å². The minimum absolute atomic E-state index is 0. The van der Waals surface area contributed by atoms with Gasteiger partial charge in [0.25, 0.3) is 0 Å². The SMILES string of the molecule is CC(C)(C)c1ccc(-c2c3nc(c(-c4ccc(C(C)(C)C)cc4)c4[n-]c(c(Cl)c4Cl)c(-c4ccc(C(C)(C)C)cc4)c4nc(c(-c5ccc(C(C)(C)C)cc5)c5[n-]c2c(Cl)c5Cl)C(Cl)=C4Cl)C(Cl)=C3Cl)cc1.[CH2-]Cc1ccccc1.[Rh+3]. The molecule has 10 rings (SSSR count). The molecule has 2 aliphatic rings. The molecule has 0 radical (unpaired) electrons. The Hall–Kier alpha value is -4.36. The average Bonchev–Trinajstić information content (AvgIpc) is 4.17. The molecule has 0 spiro atoms. The third-order valence-corrected chi connectivity index (χ3v) is 17.8. The first-order chi connectivity index (χ1) is 37.5. The summed E-state index contributed by atoms with van der Waals surface area (Å²) in [6.07, 6.45) is 0.890. The Labute approximate surface area is 530 Å². The molecule has 0 amide bonds. The van der Waals surface area contributed by atoms with Crippen LogP contribution in [0.1, 0.15) is 134 Å². The molecule has 81 heavy (non-hydrogen) atoms. The standard InChI is InChI=1S/C60H52Cl8N4.C8H9.Rh/c1-57(2,3)33-21-13-29(14-22-33)37-49-41(61)43(63)51(69-49)38(30-15-23-34(24-16-30)58(4,5)6)53-45(65)47(67)55(71-53)40(32-19-27-36(28-20-32)60(10,11)12)56-48(68)46(66)54(72-56)39(52-44(64)42(62)50(37)70-52)31-17-25-35(26-18-31)59(7,8)9;1-2-8-6-4-3-5-7-8;/h13-28H,1-12H3;3-7H,1-2H2;/q-2;-1;+3. The normalized spacial score (nSPS) is 13.1. The number of fused-ring (bicyclic) bond motifs is 8. The van der Waals surface area contributed by atoms with Crippen LogP contribution in [0, 0.1) is 6.92 Å². The van der Waals surface area contributed by atoms with E-state index < -0.39 is 0 Å². The van der Waals surface area contributed by atoms with Crippen LogP contribution in [0.3, 0.4) is 0 Å². The first-order valence-corrected chi connectivity index (χ1v) is 29.4. The van der Waals surface area contributed by atoms with Crippen LogP contribution in [0.15, 0.2) is 127 Å². The fourth-order valence-electron chi connectivity index (χ4n) is 9.73. The molecule has 0 atom stereocenters. The summed E-state index contributed by atoms with van der Waals surface area (Å²) in [6.45, 7) is 29.7. The molecule has 4 nitrogen and oxygen atoms in total. The van der Waals surface area contributed by atoms with Crippen LogP contribution in [-0.4, -0.2) is 9.97 Å². The molecular formula is C68H61Cl8N4Rh. The van der Waals surface area contributed by atoms with E-state index in [4.69, 9.17) is 113 Å². The zero-order chi connectivity index (χ0) is 58.1. The second-order valence-corrected chi connectivity index (χ2v) is 27.3. The van der Waals surface area contributed by atoms with E-state index in [1.165, 1.54) is 5.56 Å². The third-order valence-electron chi connectivity index (χ3n) is 14.5. The van der Waals surface area contributed by atoms with Crippen molar-refractivity contribution < 1.29 is 19.5 Å². The van der Waals surface area contributed by atoms with E-state index >= 15 is 0 Å². The summed E-state index contributed by atoms with van der Waals surface area (Å²) in [5.41, 5.74) is 12.4. The van der Waals surface area contributed by atoms with E-state index in [-0.39, 0.29) is 81.4 Å². The average molecular weight is 1320 g/mol. The van der Waals surface area contributed by atoms with Gasteiger partial charge in [-0.3, -0.25) is 0 Å². The summed E-state index contributed by atoms with van der Waals surface area (Å²) in [4.78, 5) is 21.5. The van der Waals surface area contributed by atoms with Crippen molar-refractivity contribution in [2.24, 2.45) is 0 Å². The van der Waals surface area contributed by atoms with Crippen molar-refractivity contribution in [3.05, 3.63) is 205 Å². The number of benzene rings is 5. The van der Waals surface area contributed by atoms with Gasteiger partial charge in [0.2, 0.25) is 0 Å². The van der Waals surface area contributed by atoms with Gasteiger partial charge in [-0.2, -0.15) is 6.42 Å². The number of nitrogens with zero attached hydrogens (tertiary/aromatic N) is 4. The minimum atomic E-state index is -0.146. The monoisotopic (exact) mass is 1320 g/mol. The van der Waals surface area contributed by atoms with Gasteiger partial charge in [0, 0.05) is 20.1 Å². The van der Waals surface area contributed by atoms with Crippen molar-refractivity contribution in [2.45, 2.75) is 111 Å². The van der Waals surface area contributed by atoms with Gasteiger partial charge >= 0.3 is 19.5 Å². The Kier molecular flexibility index (Phi) is 18.5. The molecule has 13 heteroatoms. The van der Waals surface area contributed by atoms with Gasteiger partial charge in [0.05, 0.1) is 42.9 Å². The summed E-state index contributed by atoms with van der Waals surface area (Å²) in [6, 6.07) is 42.8. The second kappa shape index (κ2) is 24.0. The van der Waals surface area contributed by atoms with Crippen molar-refractivity contribution >= 4 is 135 Å². The molecule has 0 saturated carbocycles. The predicted molar refractivity (Wildman–Crippen MR) is 348 cm³/mol. The largest absolute Gasteiger partial charge is 3.00 e. The molecule has 0 unspecified atom stereocenters. The maximum Gasteiger partial charge on any atom is 3.00 e. The Balaban J connectivity index is 0.000000880. The van der Waals surface area contributed by atoms with Crippen LogP contribution in [0.2, 0.25) is 20.1 Å². The van der Waals surface area contributed by atoms with Crippen LogP contribution < -0.4 is 9.97 Å². The number of rotatable bonds is 5. The van der Waals surface area contributed by atoms with Crippen molar-refractivity contribution in [3.8, 4) is 44.5 Å². The Morgan fingerprint density at radius 1 is 0.333 bits per heavy atom. The molecule has 8 aromatic rings. The van der Waals surface area contributed by atoms with Crippen LogP contribution in [0.4, 0.5) is 0 Å². The maximum atomic E-state index is 7.52. The summed E-state index contributed by atoms with van der Waals surface area (Å²) in [5.74, 6) is 0. The summed E-state index contributed by atoms with van der Waals surface area (Å²) in [7, 11) is 0. The predicted octanol–water partition coefficient (Wildman–Crippen LogP) is 22.7. The maximum absolute atomic E-state index is 7.52. The summed E-state index contributed by atoms with van der Waals surface area (Å²) >= 11 is 60.2. The molecular weight excluding hydrogens is 1260 g/mol. The number of halogens is 8. The minimum Gasteiger partial charge on any atom is -0.654 e. The second-order valence-electron chi connectivity index (χ2n) is 24.3. The fraction of sp³-hybridized carbons (Fsp3) is 0.250. The van der Waals surface area contributed by atoms with E-state index in [1.54, 1.807) is 0 Å². The van der Waals surface area contributed by atoms with Crippen molar-refractivity contribution in [1.29, 1.82) is 0 Å². The van der Waals surface area contributed by atoms with E-state index in [0.717, 1.165) is 28.7 Å². The van der Waals surface area contributed by atoms with Crippen LogP contribution in [0.25, 0.3) is 86.7 Å². The van der Waals surface area contributed by atoms with Crippen LogP contribution in [-0.2, 0) is 47.6 Å². The first-order valence-electron chi connectivity index (χ1n) is 26.4. The van der Waals surface area contributed by atoms with Gasteiger partial charge in [-0.1, -0.05) is 309 Å². The molecule has 5 heterocycles. The van der Waals surface area contributed by atoms with Crippen molar-refractivity contribution in [1.82, 2.24) is 19.9 Å². The van der Waals surface area contributed by atoms with Gasteiger partial charge in [-0.05, 0) is 88.4 Å². The quantitative estimate of drug-likeness (QED) is 0.127. The number of hydrogen-bond acceptors (Lipinski definition) is 2. The van der Waals surface area contributed by atoms with Crippen LogP contribution in [0.5, 0.6) is 0 Å². The Morgan fingerprint density at radius 3 is 0.716 bits per heavy atom. The topological polar surface area (TPSA) is 54.0 Å². The van der Waals surface area contributed by atoms with Crippen molar-refractivity contribution in [3.63, 3.8) is 0 Å². The Morgan fingerprint density at radius 2 is 0.543 bits per heavy atom. The molecule has 8 bridgehead atoms. The van der Waals surface area contributed by atoms with Gasteiger partial charge < -0.3 is 16.9 Å². The molecule has 3 aromatic heterocycles. The number of aromatic nitrogens is 4. The number of hydrogen-bond donors (Lipinski definition) is 0. The zero-order valence-corrected chi connectivity index (χ0v) is 54.9. The molecule has 418 valence electrons. The van der Waals surface area contributed by atoms with Gasteiger partial charge in [0.1, 0.15) is 0 Å². The third kappa shape index (κ3) is 12.4. The van der Waals surface area contributed by atoms with Gasteiger partial charge in [0.15, 0.2) is 0 Å². The summed E-state index contributed by atoms with van der Waals surface area (Å²) in [5, 5.41) is 1.26. The van der Waals surface area contributed by atoms with E-state index in [2.05, 4.69) is 151 Å². The summed E-state index contributed by atoms with van der Waals surface area (Å²) < 4.78 is 0. The molecule has 2 aliphatic heterocycles. The molecule has 0 saturated heterocycles. The molecule has 5 aromatic carbocycles. The molecule has 0 fully saturated rings. The van der Waals surface area contributed by atoms with Crippen LogP contribution >= 0.6 is 92.8 Å². The fourth-order valence-corrected chi connectivity index (χ4v) is 11.5. The zero-order valence-electron chi connectivity index (χ0n) is 47.2. The van der Waals surface area contributed by atoms with Gasteiger partial charge in [-0.15, -0.1) is 22.1 Å². The molecule has 0 N–H and O–H groups in total. The van der Waals surface area contributed by atoms with Crippen molar-refractivity contribution in [2.75, 3.05) is 0 Å². The smallest absolute Gasteiger partial charge is 0.654 e. The Bertz CT molecular complexity index is 3470. The van der Waals surface area contributed by atoms with Gasteiger partial charge in [-0.25, -0.2) is 9.97 Å². The molecule has 0 aliphatic carbocycles. The first kappa shape index (κ1) is 62.7.